The summed E-state index contributed by atoms with van der Waals surface area (Å²) in [6, 6.07) is 0. The van der Waals surface area contributed by atoms with E-state index in [2.05, 4.69) is 13.0 Å². The van der Waals surface area contributed by atoms with Crippen LogP contribution in [0, 0.1) is 39.9 Å². The lowest BCUT2D eigenvalue weighted by molar-refractivity contribution is -0.163. The predicted molar refractivity (Wildman–Crippen MR) is 104 cm³/mol. The predicted octanol–water partition coefficient (Wildman–Crippen LogP) is 2.27. The number of hydrogen-bond acceptors (Lipinski definition) is 5. The van der Waals surface area contributed by atoms with Crippen molar-refractivity contribution in [3.8, 4) is 0 Å². The Morgan fingerprint density at radius 3 is 2.36 bits per heavy atom. The molecule has 0 bridgehead atoms. The van der Waals surface area contributed by atoms with Gasteiger partial charge in [-0.25, -0.2) is 0 Å². The van der Waals surface area contributed by atoms with Gasteiger partial charge in [-0.3, -0.25) is 9.59 Å². The van der Waals surface area contributed by atoms with E-state index in [1.807, 2.05) is 20.8 Å². The van der Waals surface area contributed by atoms with E-state index in [1.165, 1.54) is 6.92 Å². The first-order valence-electron chi connectivity index (χ1n) is 10.6. The zero-order chi connectivity index (χ0) is 20.8. The van der Waals surface area contributed by atoms with Crippen molar-refractivity contribution in [1.82, 2.24) is 0 Å². The summed E-state index contributed by atoms with van der Waals surface area (Å²) in [4.78, 5) is 25.8. The fourth-order valence-corrected chi connectivity index (χ4v) is 7.79. The number of Topliss-reactive ketones (excluding diaryl/α,β-unsaturated/α-hetero) is 2. The van der Waals surface area contributed by atoms with Crippen molar-refractivity contribution >= 4 is 11.6 Å². The first kappa shape index (κ1) is 20.2. The summed E-state index contributed by atoms with van der Waals surface area (Å²) in [6.45, 7) is 9.61. The van der Waals surface area contributed by atoms with Crippen LogP contribution in [-0.4, -0.2) is 45.2 Å². The van der Waals surface area contributed by atoms with Gasteiger partial charge in [0.15, 0.2) is 0 Å². The van der Waals surface area contributed by atoms with Crippen molar-refractivity contribution in [3.63, 3.8) is 0 Å². The zero-order valence-corrected chi connectivity index (χ0v) is 17.6. The lowest BCUT2D eigenvalue weighted by Gasteiger charge is -2.61. The van der Waals surface area contributed by atoms with E-state index in [4.69, 9.17) is 0 Å². The van der Waals surface area contributed by atoms with Crippen molar-refractivity contribution in [1.29, 1.82) is 0 Å². The van der Waals surface area contributed by atoms with Crippen molar-refractivity contribution in [2.75, 3.05) is 0 Å². The highest BCUT2D eigenvalue weighted by Crippen LogP contribution is 2.68. The van der Waals surface area contributed by atoms with E-state index in [0.717, 1.165) is 5.57 Å². The molecule has 0 radical (unpaired) electrons. The average molecular weight is 391 g/mol. The molecule has 3 saturated carbocycles. The van der Waals surface area contributed by atoms with E-state index in [0.29, 0.717) is 25.7 Å². The second-order valence-corrected chi connectivity index (χ2v) is 10.9. The van der Waals surface area contributed by atoms with Crippen LogP contribution in [0.3, 0.4) is 0 Å². The number of carbonyl (C=O) groups is 2. The third-order valence-corrected chi connectivity index (χ3v) is 9.34. The van der Waals surface area contributed by atoms with Gasteiger partial charge in [0.1, 0.15) is 11.6 Å². The molecule has 0 aromatic carbocycles. The molecule has 3 N–H and O–H groups in total. The van der Waals surface area contributed by atoms with Crippen LogP contribution in [-0.2, 0) is 9.59 Å². The van der Waals surface area contributed by atoms with E-state index >= 15 is 0 Å². The monoisotopic (exact) mass is 390 g/mol. The fraction of sp³-hybridized carbons (Fsp3) is 0.826. The first-order chi connectivity index (χ1) is 12.9. The van der Waals surface area contributed by atoms with Gasteiger partial charge < -0.3 is 15.3 Å². The van der Waals surface area contributed by atoms with E-state index in [-0.39, 0.29) is 34.7 Å². The number of aliphatic hydroxyl groups excluding tert-OH is 3. The minimum absolute atomic E-state index is 0.0252. The number of fused-ring (bicyclic) bond motifs is 5. The lowest BCUT2D eigenvalue weighted by atomic mass is 9.42. The summed E-state index contributed by atoms with van der Waals surface area (Å²) in [7, 11) is 0. The second kappa shape index (κ2) is 5.99. The third-order valence-electron chi connectivity index (χ3n) is 9.34. The molecule has 0 unspecified atom stereocenters. The molecule has 5 nitrogen and oxygen atoms in total. The minimum Gasteiger partial charge on any atom is -0.392 e. The summed E-state index contributed by atoms with van der Waals surface area (Å²) in [5.41, 5.74) is -0.419. The number of ketones is 2. The topological polar surface area (TPSA) is 94.8 Å². The Balaban J connectivity index is 1.82. The SMILES string of the molecule is CC(=O)[C@H]1[C@H](O)C[C@]2(C)[C@@H]1CC(=O)[C@@]1(C)[C@@H]3C[C@H](O)[C@@H](O)C(C)(C)C3=CC[C@@H]21. The van der Waals surface area contributed by atoms with Gasteiger partial charge in [0.05, 0.1) is 18.3 Å². The largest absolute Gasteiger partial charge is 0.392 e. The molecule has 4 aliphatic rings. The van der Waals surface area contributed by atoms with E-state index < -0.39 is 35.1 Å². The molecule has 0 amide bonds. The van der Waals surface area contributed by atoms with Gasteiger partial charge >= 0.3 is 0 Å². The number of carbonyl (C=O) groups excluding carboxylic acids is 2. The summed E-state index contributed by atoms with van der Waals surface area (Å²) in [5, 5.41) is 31.8. The maximum Gasteiger partial charge on any atom is 0.139 e. The van der Waals surface area contributed by atoms with Crippen molar-refractivity contribution in [3.05, 3.63) is 11.6 Å². The minimum atomic E-state index is -0.856. The standard InChI is InChI=1S/C23H34O5/c1-11(24)19-14-9-18(27)23(5)13-8-15(25)20(28)21(2,3)12(13)6-7-17(23)22(14,4)10-16(19)26/h6,13-17,19-20,25-26,28H,7-10H2,1-5H3/t13-,14-,15+,16-,17+,19-,20-,22-,23+/m1/s1. The molecule has 4 rings (SSSR count). The first-order valence-corrected chi connectivity index (χ1v) is 10.6. The van der Waals surface area contributed by atoms with Gasteiger partial charge in [-0.1, -0.05) is 39.3 Å². The van der Waals surface area contributed by atoms with Gasteiger partial charge in [-0.2, -0.15) is 0 Å². The highest BCUT2D eigenvalue weighted by atomic mass is 16.3. The molecule has 0 aromatic heterocycles. The summed E-state index contributed by atoms with van der Waals surface area (Å²) < 4.78 is 0. The molecule has 0 aliphatic heterocycles. The molecular weight excluding hydrogens is 356 g/mol. The van der Waals surface area contributed by atoms with Crippen LogP contribution < -0.4 is 0 Å². The van der Waals surface area contributed by atoms with Crippen molar-refractivity contribution in [2.45, 2.75) is 78.6 Å². The van der Waals surface area contributed by atoms with Crippen LogP contribution in [0.15, 0.2) is 11.6 Å². The molecule has 156 valence electrons. The normalized spacial score (nSPS) is 52.4. The molecule has 28 heavy (non-hydrogen) atoms. The maximum atomic E-state index is 13.6. The lowest BCUT2D eigenvalue weighted by Crippen LogP contribution is -2.62. The Hall–Kier alpha value is -1.04. The quantitative estimate of drug-likeness (QED) is 0.597. The van der Waals surface area contributed by atoms with Crippen molar-refractivity contribution < 1.29 is 24.9 Å². The Kier molecular flexibility index (Phi) is 4.33. The average Bonchev–Trinajstić information content (AvgIpc) is 2.84. The Bertz CT molecular complexity index is 754. The van der Waals surface area contributed by atoms with Gasteiger partial charge in [0.25, 0.3) is 0 Å². The second-order valence-electron chi connectivity index (χ2n) is 10.9. The highest BCUT2D eigenvalue weighted by molar-refractivity contribution is 5.89. The van der Waals surface area contributed by atoms with Gasteiger partial charge in [-0.05, 0) is 49.4 Å². The molecule has 0 spiro atoms. The van der Waals surface area contributed by atoms with Gasteiger partial charge in [-0.15, -0.1) is 0 Å². The fourth-order valence-electron chi connectivity index (χ4n) is 7.79. The van der Waals surface area contributed by atoms with Crippen LogP contribution in [0.4, 0.5) is 0 Å². The zero-order valence-electron chi connectivity index (χ0n) is 17.6. The Morgan fingerprint density at radius 1 is 1.11 bits per heavy atom. The van der Waals surface area contributed by atoms with Crippen LogP contribution in [0.2, 0.25) is 0 Å². The van der Waals surface area contributed by atoms with Crippen LogP contribution >= 0.6 is 0 Å². The number of rotatable bonds is 1. The Morgan fingerprint density at radius 2 is 1.75 bits per heavy atom. The van der Waals surface area contributed by atoms with Crippen LogP contribution in [0.25, 0.3) is 0 Å². The molecule has 0 saturated heterocycles. The van der Waals surface area contributed by atoms with E-state index in [9.17, 15) is 24.9 Å². The van der Waals surface area contributed by atoms with E-state index in [1.54, 1.807) is 0 Å². The molecule has 5 heteroatoms. The maximum absolute atomic E-state index is 13.6. The number of aliphatic hydroxyl groups is 3. The smallest absolute Gasteiger partial charge is 0.139 e. The number of hydrogen-bond donors (Lipinski definition) is 3. The van der Waals surface area contributed by atoms with Crippen LogP contribution in [0.1, 0.15) is 60.3 Å². The summed E-state index contributed by atoms with van der Waals surface area (Å²) in [5.74, 6) is -0.542. The van der Waals surface area contributed by atoms with Gasteiger partial charge in [0.2, 0.25) is 0 Å². The highest BCUT2D eigenvalue weighted by Gasteiger charge is 2.68. The molecule has 4 aliphatic carbocycles. The summed E-state index contributed by atoms with van der Waals surface area (Å²) >= 11 is 0. The van der Waals surface area contributed by atoms with Crippen LogP contribution in [0.5, 0.6) is 0 Å². The molecule has 3 fully saturated rings. The molecule has 9 atom stereocenters. The molecule has 0 aromatic rings. The Labute approximate surface area is 167 Å². The van der Waals surface area contributed by atoms with Gasteiger partial charge in [0, 0.05) is 23.2 Å². The van der Waals surface area contributed by atoms with Crippen molar-refractivity contribution in [2.24, 2.45) is 39.9 Å². The summed E-state index contributed by atoms with van der Waals surface area (Å²) in [6.07, 6.45) is 1.74. The molecular formula is C23H34O5. The number of allylic oxidation sites excluding steroid dienone is 1. The third kappa shape index (κ3) is 2.30. The molecule has 0 heterocycles.